The van der Waals surface area contributed by atoms with E-state index in [0.29, 0.717) is 22.1 Å². The number of ether oxygens (including phenoxy) is 1. The van der Waals surface area contributed by atoms with Crippen molar-refractivity contribution >= 4 is 33.2 Å². The minimum absolute atomic E-state index is 0.326. The lowest BCUT2D eigenvalue weighted by molar-refractivity contribution is 0.0701. The third kappa shape index (κ3) is 2.33. The van der Waals surface area contributed by atoms with Crippen LogP contribution in [0.5, 0.6) is 10.8 Å². The monoisotopic (exact) mass is 405 g/mol. The molecule has 4 rings (SSSR count). The molecule has 3 aromatic heterocycles. The maximum Gasteiger partial charge on any atom is 0.346 e. The number of rotatable bonds is 3. The highest BCUT2D eigenvalue weighted by atomic mass is 79.9. The summed E-state index contributed by atoms with van der Waals surface area (Å²) in [6.07, 6.45) is 4.67. The van der Waals surface area contributed by atoms with Gasteiger partial charge in [0.05, 0.1) is 17.5 Å². The van der Waals surface area contributed by atoms with Crippen LogP contribution in [0.4, 0.5) is 0 Å². The van der Waals surface area contributed by atoms with Gasteiger partial charge in [0.15, 0.2) is 5.06 Å². The molecule has 0 unspecified atom stereocenters. The first-order valence-corrected chi connectivity index (χ1v) is 8.85. The van der Waals surface area contributed by atoms with Gasteiger partial charge in [0.25, 0.3) is 0 Å². The molecule has 0 bridgehead atoms. The van der Waals surface area contributed by atoms with Gasteiger partial charge < -0.3 is 9.84 Å². The Morgan fingerprint density at radius 2 is 2.21 bits per heavy atom. The Hall–Kier alpha value is -2.19. The number of carboxylic acids is 1. The smallest absolute Gasteiger partial charge is 0.346 e. The number of fused-ring (bicyclic) bond motifs is 3. The molecule has 24 heavy (non-hydrogen) atoms. The highest BCUT2D eigenvalue weighted by Crippen LogP contribution is 2.49. The second-order valence-corrected chi connectivity index (χ2v) is 7.14. The number of hydrogen-bond acceptors (Lipinski definition) is 5. The summed E-state index contributed by atoms with van der Waals surface area (Å²) in [5.41, 5.74) is 3.62. The Morgan fingerprint density at radius 1 is 1.42 bits per heavy atom. The molecule has 3 aromatic rings. The second kappa shape index (κ2) is 5.71. The van der Waals surface area contributed by atoms with Crippen molar-refractivity contribution < 1.29 is 14.6 Å². The van der Waals surface area contributed by atoms with Crippen molar-refractivity contribution in [1.82, 2.24) is 14.8 Å². The summed E-state index contributed by atoms with van der Waals surface area (Å²) in [6.45, 7) is 0. The molecular weight excluding hydrogens is 394 g/mol. The quantitative estimate of drug-likeness (QED) is 0.714. The largest absolute Gasteiger partial charge is 0.477 e. The Labute approximate surface area is 149 Å². The molecule has 1 N–H and O–H groups in total. The number of thiophene rings is 1. The molecule has 0 fully saturated rings. The summed E-state index contributed by atoms with van der Waals surface area (Å²) in [6, 6.07) is 3.57. The van der Waals surface area contributed by atoms with Crippen LogP contribution in [0.25, 0.3) is 11.3 Å². The Morgan fingerprint density at radius 3 is 2.92 bits per heavy atom. The van der Waals surface area contributed by atoms with Gasteiger partial charge in [-0.25, -0.2) is 4.79 Å². The van der Waals surface area contributed by atoms with Gasteiger partial charge in [-0.2, -0.15) is 5.10 Å². The zero-order chi connectivity index (χ0) is 16.8. The summed E-state index contributed by atoms with van der Waals surface area (Å²) in [7, 11) is 1.85. The van der Waals surface area contributed by atoms with Crippen molar-refractivity contribution in [3.05, 3.63) is 45.1 Å². The first-order chi connectivity index (χ1) is 11.6. The highest BCUT2D eigenvalue weighted by molar-refractivity contribution is 9.10. The molecule has 0 spiro atoms. The van der Waals surface area contributed by atoms with Gasteiger partial charge in [0, 0.05) is 18.8 Å². The number of aryl methyl sites for hydroxylation is 1. The minimum Gasteiger partial charge on any atom is -0.477 e. The van der Waals surface area contributed by atoms with Crippen LogP contribution >= 0.6 is 27.3 Å². The molecule has 0 atom stereocenters. The highest BCUT2D eigenvalue weighted by Gasteiger charge is 2.33. The Balaban J connectivity index is 1.93. The number of carboxylic acid groups (broad SMARTS) is 1. The number of nitrogens with zero attached hydrogens (tertiary/aromatic N) is 3. The maximum absolute atomic E-state index is 11.7. The topological polar surface area (TPSA) is 77.2 Å². The van der Waals surface area contributed by atoms with Crippen LogP contribution in [-0.4, -0.2) is 25.8 Å². The van der Waals surface area contributed by atoms with Gasteiger partial charge in [-0.05, 0) is 46.5 Å². The molecule has 0 saturated heterocycles. The second-order valence-electron chi connectivity index (χ2n) is 5.41. The van der Waals surface area contributed by atoms with Gasteiger partial charge in [-0.15, -0.1) is 0 Å². The molecule has 8 heteroatoms. The number of hydrogen-bond donors (Lipinski definition) is 1. The fourth-order valence-corrected chi connectivity index (χ4v) is 4.68. The van der Waals surface area contributed by atoms with Crippen LogP contribution in [0.15, 0.2) is 29.1 Å². The van der Waals surface area contributed by atoms with Crippen LogP contribution in [0.3, 0.4) is 0 Å². The first-order valence-electron chi connectivity index (χ1n) is 7.25. The SMILES string of the molecule is Cn1nc(Br)c2c1-c1c(Oc3cccnc3)sc(C(=O)O)c1CC2. The number of pyridine rings is 1. The fourth-order valence-electron chi connectivity index (χ4n) is 3.00. The van der Waals surface area contributed by atoms with Gasteiger partial charge in [0.2, 0.25) is 0 Å². The van der Waals surface area contributed by atoms with E-state index in [1.54, 1.807) is 29.2 Å². The van der Waals surface area contributed by atoms with E-state index < -0.39 is 5.97 Å². The lowest BCUT2D eigenvalue weighted by Crippen LogP contribution is -2.08. The molecule has 0 aromatic carbocycles. The molecule has 3 heterocycles. The van der Waals surface area contributed by atoms with Gasteiger partial charge in [-0.1, -0.05) is 11.3 Å². The summed E-state index contributed by atoms with van der Waals surface area (Å²) in [5, 5.41) is 14.5. The van der Waals surface area contributed by atoms with E-state index in [1.807, 2.05) is 7.05 Å². The maximum atomic E-state index is 11.7. The summed E-state index contributed by atoms with van der Waals surface area (Å²) >= 11 is 4.64. The van der Waals surface area contributed by atoms with Crippen molar-refractivity contribution in [3.63, 3.8) is 0 Å². The van der Waals surface area contributed by atoms with E-state index in [2.05, 4.69) is 26.0 Å². The average Bonchev–Trinajstić information content (AvgIpc) is 3.07. The first kappa shape index (κ1) is 15.3. The molecule has 0 amide bonds. The molecule has 122 valence electrons. The third-order valence-corrected chi connectivity index (χ3v) is 5.71. The zero-order valence-electron chi connectivity index (χ0n) is 12.6. The van der Waals surface area contributed by atoms with E-state index in [-0.39, 0.29) is 0 Å². The van der Waals surface area contributed by atoms with E-state index in [4.69, 9.17) is 4.74 Å². The number of carbonyl (C=O) groups is 1. The van der Waals surface area contributed by atoms with Crippen molar-refractivity contribution in [2.24, 2.45) is 7.05 Å². The molecule has 0 saturated carbocycles. The number of halogens is 1. The lowest BCUT2D eigenvalue weighted by atomic mass is 9.91. The fraction of sp³-hybridized carbons (Fsp3) is 0.188. The Kier molecular flexibility index (Phi) is 3.65. The van der Waals surface area contributed by atoms with Crippen LogP contribution in [-0.2, 0) is 19.9 Å². The minimum atomic E-state index is -0.929. The van der Waals surface area contributed by atoms with E-state index in [0.717, 1.165) is 44.7 Å². The predicted molar refractivity (Wildman–Crippen MR) is 92.9 cm³/mol. The standard InChI is InChI=1S/C16H12BrN3O3S/c1-20-12-10(14(17)19-20)5-4-9-11(12)16(24-13(9)15(21)22)23-8-3-2-6-18-7-8/h2-3,6-7H,4-5H2,1H3,(H,21,22). The number of aromatic nitrogens is 3. The normalized spacial score (nSPS) is 12.6. The average molecular weight is 406 g/mol. The van der Waals surface area contributed by atoms with Gasteiger partial charge in [0.1, 0.15) is 15.2 Å². The lowest BCUT2D eigenvalue weighted by Gasteiger charge is -2.16. The van der Waals surface area contributed by atoms with Crippen molar-refractivity contribution in [2.75, 3.05) is 0 Å². The summed E-state index contributed by atoms with van der Waals surface area (Å²) in [5.74, 6) is -0.353. The third-order valence-electron chi connectivity index (χ3n) is 3.97. The molecule has 0 radical (unpaired) electrons. The van der Waals surface area contributed by atoms with Crippen molar-refractivity contribution in [2.45, 2.75) is 12.8 Å². The van der Waals surface area contributed by atoms with Gasteiger partial charge in [-0.3, -0.25) is 9.67 Å². The van der Waals surface area contributed by atoms with E-state index in [1.165, 1.54) is 0 Å². The van der Waals surface area contributed by atoms with Crippen molar-refractivity contribution in [1.29, 1.82) is 0 Å². The van der Waals surface area contributed by atoms with Crippen LogP contribution in [0.2, 0.25) is 0 Å². The van der Waals surface area contributed by atoms with Crippen LogP contribution in [0.1, 0.15) is 20.8 Å². The van der Waals surface area contributed by atoms with E-state index >= 15 is 0 Å². The van der Waals surface area contributed by atoms with Crippen LogP contribution in [0, 0.1) is 0 Å². The molecular formula is C16H12BrN3O3S. The van der Waals surface area contributed by atoms with Crippen molar-refractivity contribution in [3.8, 4) is 22.1 Å². The van der Waals surface area contributed by atoms with Crippen LogP contribution < -0.4 is 4.74 Å². The van der Waals surface area contributed by atoms with E-state index in [9.17, 15) is 9.90 Å². The summed E-state index contributed by atoms with van der Waals surface area (Å²) < 4.78 is 8.53. The molecule has 1 aliphatic rings. The summed E-state index contributed by atoms with van der Waals surface area (Å²) in [4.78, 5) is 16.0. The Bertz CT molecular complexity index is 949. The predicted octanol–water partition coefficient (Wildman–Crippen LogP) is 3.90. The van der Waals surface area contributed by atoms with Gasteiger partial charge >= 0.3 is 5.97 Å². The molecule has 0 aliphatic heterocycles. The molecule has 1 aliphatic carbocycles. The number of aromatic carboxylic acids is 1. The zero-order valence-corrected chi connectivity index (χ0v) is 15.0. The molecule has 6 nitrogen and oxygen atoms in total.